The van der Waals surface area contributed by atoms with Gasteiger partial charge in [-0.3, -0.25) is 0 Å². The smallest absolute Gasteiger partial charge is 0.335 e. The highest BCUT2D eigenvalue weighted by molar-refractivity contribution is 5.13. The molecule has 0 amide bonds. The van der Waals surface area contributed by atoms with Crippen LogP contribution >= 0.6 is 0 Å². The van der Waals surface area contributed by atoms with E-state index in [0.29, 0.717) is 5.92 Å². The second kappa shape index (κ2) is 3.51. The van der Waals surface area contributed by atoms with Crippen molar-refractivity contribution in [1.82, 2.24) is 0 Å². The molecular formula is C14H18F4O2. The fourth-order valence-corrected chi connectivity index (χ4v) is 5.20. The highest BCUT2D eigenvalue weighted by Gasteiger charge is 2.71. The first-order valence-electron chi connectivity index (χ1n) is 7.21. The first kappa shape index (κ1) is 13.3. The molecule has 0 radical (unpaired) electrons. The van der Waals surface area contributed by atoms with Crippen LogP contribution in [0.1, 0.15) is 32.6 Å². The quantitative estimate of drug-likeness (QED) is 0.637. The number of rotatable bonds is 0. The van der Waals surface area contributed by atoms with Crippen molar-refractivity contribution >= 4 is 0 Å². The Balaban J connectivity index is 1.67. The van der Waals surface area contributed by atoms with E-state index in [1.54, 1.807) is 0 Å². The summed E-state index contributed by atoms with van der Waals surface area (Å²) in [5.41, 5.74) is 0.216. The van der Waals surface area contributed by atoms with Crippen LogP contribution in [-0.4, -0.2) is 30.8 Å². The Bertz CT molecular complexity index is 430. The minimum atomic E-state index is -4.15. The number of ether oxygens (including phenoxy) is 2. The van der Waals surface area contributed by atoms with Gasteiger partial charge in [0.1, 0.15) is 13.2 Å². The molecule has 0 N–H and O–H groups in total. The summed E-state index contributed by atoms with van der Waals surface area (Å²) in [6.45, 7) is -0.286. The van der Waals surface area contributed by atoms with Gasteiger partial charge in [-0.05, 0) is 37.0 Å². The molecule has 0 aromatic rings. The van der Waals surface area contributed by atoms with Crippen LogP contribution in [0.3, 0.4) is 0 Å². The zero-order valence-electron chi connectivity index (χ0n) is 11.3. The maximum atomic E-state index is 13.5. The van der Waals surface area contributed by atoms with Crippen molar-refractivity contribution in [1.29, 1.82) is 0 Å². The Morgan fingerprint density at radius 2 is 1.50 bits per heavy atom. The Labute approximate surface area is 114 Å². The molecule has 4 unspecified atom stereocenters. The van der Waals surface area contributed by atoms with E-state index in [0.717, 1.165) is 25.7 Å². The van der Waals surface area contributed by atoms with Crippen LogP contribution in [0.5, 0.6) is 0 Å². The summed E-state index contributed by atoms with van der Waals surface area (Å²) in [6, 6.07) is 0. The molecule has 5 aliphatic rings. The fraction of sp³-hybridized carbons (Fsp3) is 1.00. The summed E-state index contributed by atoms with van der Waals surface area (Å²) >= 11 is 0. The average molecular weight is 294 g/mol. The highest BCUT2D eigenvalue weighted by Crippen LogP contribution is 2.69. The van der Waals surface area contributed by atoms with Gasteiger partial charge in [0, 0.05) is 11.8 Å². The van der Waals surface area contributed by atoms with Crippen molar-refractivity contribution in [3.05, 3.63) is 0 Å². The van der Waals surface area contributed by atoms with Crippen molar-refractivity contribution in [3.63, 3.8) is 0 Å². The van der Waals surface area contributed by atoms with Crippen molar-refractivity contribution in [2.75, 3.05) is 13.2 Å². The number of halogens is 4. The summed E-state index contributed by atoms with van der Waals surface area (Å²) < 4.78 is 64.6. The first-order chi connectivity index (χ1) is 9.18. The Kier molecular flexibility index (Phi) is 2.34. The molecule has 1 saturated heterocycles. The third-order valence-corrected chi connectivity index (χ3v) is 5.94. The van der Waals surface area contributed by atoms with Crippen molar-refractivity contribution in [2.24, 2.45) is 23.2 Å². The van der Waals surface area contributed by atoms with Crippen LogP contribution in [0.2, 0.25) is 0 Å². The third-order valence-electron chi connectivity index (χ3n) is 5.94. The van der Waals surface area contributed by atoms with E-state index in [-0.39, 0.29) is 17.3 Å². The van der Waals surface area contributed by atoms with E-state index >= 15 is 0 Å². The number of alkyl halides is 4. The van der Waals surface area contributed by atoms with Gasteiger partial charge in [-0.2, -0.15) is 17.6 Å². The van der Waals surface area contributed by atoms with E-state index in [2.05, 4.69) is 6.92 Å². The van der Waals surface area contributed by atoms with Gasteiger partial charge in [-0.1, -0.05) is 6.92 Å². The molecule has 4 saturated carbocycles. The molecule has 4 bridgehead atoms. The number of hydrogen-bond donors (Lipinski definition) is 0. The molecule has 0 aromatic heterocycles. The average Bonchev–Trinajstić information content (AvgIpc) is 2.65. The lowest BCUT2D eigenvalue weighted by Gasteiger charge is -2.46. The van der Waals surface area contributed by atoms with Crippen LogP contribution in [0.15, 0.2) is 0 Å². The molecule has 6 heteroatoms. The summed E-state index contributed by atoms with van der Waals surface area (Å²) in [5.74, 6) is -9.14. The third kappa shape index (κ3) is 1.47. The van der Waals surface area contributed by atoms with E-state index < -0.39 is 30.8 Å². The first-order valence-corrected chi connectivity index (χ1v) is 7.21. The van der Waals surface area contributed by atoms with Gasteiger partial charge in [0.25, 0.3) is 0 Å². The summed E-state index contributed by atoms with van der Waals surface area (Å²) in [7, 11) is 0. The van der Waals surface area contributed by atoms with Gasteiger partial charge in [-0.25, -0.2) is 0 Å². The number of hydrogen-bond acceptors (Lipinski definition) is 2. The zero-order valence-corrected chi connectivity index (χ0v) is 11.3. The van der Waals surface area contributed by atoms with Crippen LogP contribution in [0.25, 0.3) is 0 Å². The van der Waals surface area contributed by atoms with E-state index in [1.807, 2.05) is 0 Å². The molecule has 1 heterocycles. The maximum Gasteiger partial charge on any atom is 0.335 e. The predicted octanol–water partition coefficient (Wildman–Crippen LogP) is 3.46. The van der Waals surface area contributed by atoms with Gasteiger partial charge < -0.3 is 9.47 Å². The molecule has 1 spiro atoms. The van der Waals surface area contributed by atoms with Gasteiger partial charge in [0.2, 0.25) is 0 Å². The topological polar surface area (TPSA) is 18.5 Å². The van der Waals surface area contributed by atoms with Crippen LogP contribution < -0.4 is 0 Å². The fourth-order valence-electron chi connectivity index (χ4n) is 5.20. The van der Waals surface area contributed by atoms with Crippen LogP contribution in [0, 0.1) is 23.2 Å². The van der Waals surface area contributed by atoms with Crippen molar-refractivity contribution < 1.29 is 27.0 Å². The zero-order chi connectivity index (χ0) is 14.4. The Morgan fingerprint density at radius 1 is 0.900 bits per heavy atom. The molecule has 0 aromatic carbocycles. The lowest BCUT2D eigenvalue weighted by molar-refractivity contribution is -0.292. The van der Waals surface area contributed by atoms with Gasteiger partial charge >= 0.3 is 11.8 Å². The van der Waals surface area contributed by atoms with E-state index in [1.165, 1.54) is 0 Å². The van der Waals surface area contributed by atoms with Gasteiger partial charge in [0.15, 0.2) is 5.79 Å². The second-order valence-electron chi connectivity index (χ2n) is 7.43. The molecule has 5 rings (SSSR count). The SMILES string of the molecule is CC12CC3CC(C1)C1(OCC(F)(F)C(F)(F)CO1)C3C2. The Hall–Kier alpha value is -0.360. The molecular weight excluding hydrogens is 276 g/mol. The van der Waals surface area contributed by atoms with E-state index in [4.69, 9.17) is 9.47 Å². The van der Waals surface area contributed by atoms with Crippen molar-refractivity contribution in [3.8, 4) is 0 Å². The summed E-state index contributed by atoms with van der Waals surface area (Å²) in [4.78, 5) is 0. The lowest BCUT2D eigenvalue weighted by Crippen LogP contribution is -2.50. The molecule has 5 fully saturated rings. The van der Waals surface area contributed by atoms with E-state index in [9.17, 15) is 17.6 Å². The molecule has 1 aliphatic heterocycles. The monoisotopic (exact) mass is 294 g/mol. The van der Waals surface area contributed by atoms with Gasteiger partial charge in [-0.15, -0.1) is 0 Å². The minimum absolute atomic E-state index is 0.00375. The standard InChI is InChI=1S/C14H18F4O2/c1-11-3-8-2-9(4-11)14(10(8)5-11)19-6-12(15,16)13(17,18)7-20-14/h8-10H,2-7H2,1H3. The lowest BCUT2D eigenvalue weighted by atomic mass is 9.68. The Morgan fingerprint density at radius 3 is 2.05 bits per heavy atom. The second-order valence-corrected chi connectivity index (χ2v) is 7.43. The minimum Gasteiger partial charge on any atom is -0.343 e. The normalized spacial score (nSPS) is 50.5. The summed E-state index contributed by atoms with van der Waals surface area (Å²) in [6.07, 6.45) is 3.56. The highest BCUT2D eigenvalue weighted by atomic mass is 19.3. The maximum absolute atomic E-state index is 13.5. The molecule has 4 atom stereocenters. The molecule has 20 heavy (non-hydrogen) atoms. The predicted molar refractivity (Wildman–Crippen MR) is 61.6 cm³/mol. The largest absolute Gasteiger partial charge is 0.343 e. The molecule has 4 aliphatic carbocycles. The van der Waals surface area contributed by atoms with Crippen LogP contribution in [0.4, 0.5) is 17.6 Å². The van der Waals surface area contributed by atoms with Crippen molar-refractivity contribution in [2.45, 2.75) is 50.2 Å². The van der Waals surface area contributed by atoms with Gasteiger partial charge in [0.05, 0.1) is 0 Å². The summed E-state index contributed by atoms with van der Waals surface area (Å²) in [5, 5.41) is 0. The molecule has 114 valence electrons. The molecule has 2 nitrogen and oxygen atoms in total. The van der Waals surface area contributed by atoms with Crippen LogP contribution in [-0.2, 0) is 9.47 Å².